The fourth-order valence-electron chi connectivity index (χ4n) is 4.22. The minimum atomic E-state index is -3.58. The SMILES string of the molecule is CC1CN(S(=O)(=O)c2ccc(C(=O)NCCC3CCCCC3)cc2)CC(C)O1. The molecule has 1 aliphatic carbocycles. The van der Waals surface area contributed by atoms with Gasteiger partial charge in [0.2, 0.25) is 10.0 Å². The van der Waals surface area contributed by atoms with Crippen LogP contribution in [-0.4, -0.2) is 50.5 Å². The van der Waals surface area contributed by atoms with E-state index in [1.807, 2.05) is 13.8 Å². The summed E-state index contributed by atoms with van der Waals surface area (Å²) >= 11 is 0. The van der Waals surface area contributed by atoms with E-state index < -0.39 is 10.0 Å². The van der Waals surface area contributed by atoms with Gasteiger partial charge in [0.1, 0.15) is 0 Å². The molecule has 1 N–H and O–H groups in total. The standard InChI is InChI=1S/C21H32N2O4S/c1-16-14-23(15-17(2)27-16)28(25,26)20-10-8-19(9-11-20)21(24)22-13-12-18-6-4-3-5-7-18/h8-11,16-18H,3-7,12-15H2,1-2H3,(H,22,24). The zero-order valence-corrected chi connectivity index (χ0v) is 17.7. The maximum atomic E-state index is 12.9. The van der Waals surface area contributed by atoms with Gasteiger partial charge in [0.25, 0.3) is 5.91 Å². The van der Waals surface area contributed by atoms with Gasteiger partial charge in [0, 0.05) is 25.2 Å². The summed E-state index contributed by atoms with van der Waals surface area (Å²) in [6, 6.07) is 6.23. The summed E-state index contributed by atoms with van der Waals surface area (Å²) in [7, 11) is -3.58. The third kappa shape index (κ3) is 5.33. The zero-order valence-electron chi connectivity index (χ0n) is 16.9. The Morgan fingerprint density at radius 1 is 1.07 bits per heavy atom. The van der Waals surface area contributed by atoms with Crippen molar-refractivity contribution < 1.29 is 17.9 Å². The zero-order chi connectivity index (χ0) is 20.1. The first-order valence-electron chi connectivity index (χ1n) is 10.4. The highest BCUT2D eigenvalue weighted by Crippen LogP contribution is 2.26. The molecule has 1 aliphatic heterocycles. The lowest BCUT2D eigenvalue weighted by Crippen LogP contribution is -2.48. The summed E-state index contributed by atoms with van der Waals surface area (Å²) in [6.07, 6.45) is 7.22. The van der Waals surface area contributed by atoms with Gasteiger partial charge in [-0.05, 0) is 50.5 Å². The molecule has 2 fully saturated rings. The summed E-state index contributed by atoms with van der Waals surface area (Å²) in [6.45, 7) is 5.11. The van der Waals surface area contributed by atoms with Crippen molar-refractivity contribution in [3.05, 3.63) is 29.8 Å². The first kappa shape index (κ1) is 21.3. The monoisotopic (exact) mass is 408 g/mol. The van der Waals surface area contributed by atoms with Gasteiger partial charge in [-0.15, -0.1) is 0 Å². The van der Waals surface area contributed by atoms with Crippen molar-refractivity contribution in [3.63, 3.8) is 0 Å². The van der Waals surface area contributed by atoms with Crippen LogP contribution in [0, 0.1) is 5.92 Å². The smallest absolute Gasteiger partial charge is 0.251 e. The molecule has 2 unspecified atom stereocenters. The lowest BCUT2D eigenvalue weighted by Gasteiger charge is -2.34. The normalized spacial score (nSPS) is 24.8. The maximum Gasteiger partial charge on any atom is 0.251 e. The number of sulfonamides is 1. The molecular formula is C21H32N2O4S. The number of benzene rings is 1. The van der Waals surface area contributed by atoms with Gasteiger partial charge in [-0.25, -0.2) is 8.42 Å². The lowest BCUT2D eigenvalue weighted by atomic mass is 9.87. The quantitative estimate of drug-likeness (QED) is 0.784. The van der Waals surface area contributed by atoms with E-state index in [9.17, 15) is 13.2 Å². The predicted molar refractivity (Wildman–Crippen MR) is 109 cm³/mol. The van der Waals surface area contributed by atoms with Gasteiger partial charge >= 0.3 is 0 Å². The van der Waals surface area contributed by atoms with Crippen molar-refractivity contribution in [2.24, 2.45) is 5.92 Å². The van der Waals surface area contributed by atoms with E-state index in [4.69, 9.17) is 4.74 Å². The summed E-state index contributed by atoms with van der Waals surface area (Å²) in [5.74, 6) is 0.577. The first-order chi connectivity index (χ1) is 13.4. The number of hydrogen-bond donors (Lipinski definition) is 1. The Balaban J connectivity index is 1.56. The second-order valence-corrected chi connectivity index (χ2v) is 10.1. The molecule has 3 rings (SSSR count). The van der Waals surface area contributed by atoms with E-state index in [1.165, 1.54) is 48.5 Å². The summed E-state index contributed by atoms with van der Waals surface area (Å²) < 4.78 is 32.8. The van der Waals surface area contributed by atoms with Crippen molar-refractivity contribution in [3.8, 4) is 0 Å². The molecule has 7 heteroatoms. The molecule has 28 heavy (non-hydrogen) atoms. The molecule has 0 radical (unpaired) electrons. The third-order valence-corrected chi connectivity index (χ3v) is 7.55. The number of hydrogen-bond acceptors (Lipinski definition) is 4. The van der Waals surface area contributed by atoms with Crippen LogP contribution in [-0.2, 0) is 14.8 Å². The third-order valence-electron chi connectivity index (χ3n) is 5.70. The number of morpholine rings is 1. The minimum absolute atomic E-state index is 0.132. The van der Waals surface area contributed by atoms with Gasteiger partial charge in [0.15, 0.2) is 0 Å². The number of carbonyl (C=O) groups is 1. The van der Waals surface area contributed by atoms with Crippen LogP contribution in [0.2, 0.25) is 0 Å². The van der Waals surface area contributed by atoms with E-state index >= 15 is 0 Å². The molecule has 1 aromatic rings. The second-order valence-electron chi connectivity index (χ2n) is 8.15. The maximum absolute atomic E-state index is 12.9. The van der Waals surface area contributed by atoms with Crippen LogP contribution < -0.4 is 5.32 Å². The van der Waals surface area contributed by atoms with E-state index in [-0.39, 0.29) is 23.0 Å². The van der Waals surface area contributed by atoms with Crippen LogP contribution in [0.25, 0.3) is 0 Å². The minimum Gasteiger partial charge on any atom is -0.373 e. The number of ether oxygens (including phenoxy) is 1. The highest BCUT2D eigenvalue weighted by Gasteiger charge is 2.32. The number of rotatable bonds is 6. The fraction of sp³-hybridized carbons (Fsp3) is 0.667. The molecule has 2 atom stereocenters. The Morgan fingerprint density at radius 2 is 1.68 bits per heavy atom. The van der Waals surface area contributed by atoms with Crippen molar-refractivity contribution in [2.45, 2.75) is 69.5 Å². The summed E-state index contributed by atoms with van der Waals surface area (Å²) in [4.78, 5) is 12.6. The van der Waals surface area contributed by atoms with E-state index in [0.29, 0.717) is 25.2 Å². The molecule has 1 heterocycles. The number of nitrogens with zero attached hydrogens (tertiary/aromatic N) is 1. The van der Waals surface area contributed by atoms with Crippen LogP contribution >= 0.6 is 0 Å². The van der Waals surface area contributed by atoms with Crippen LogP contribution in [0.5, 0.6) is 0 Å². The molecule has 0 spiro atoms. The van der Waals surface area contributed by atoms with Gasteiger partial charge in [-0.2, -0.15) is 4.31 Å². The van der Waals surface area contributed by atoms with Crippen molar-refractivity contribution in [2.75, 3.05) is 19.6 Å². The largest absolute Gasteiger partial charge is 0.373 e. The highest BCUT2D eigenvalue weighted by atomic mass is 32.2. The Labute approximate surface area is 168 Å². The molecule has 1 saturated carbocycles. The summed E-state index contributed by atoms with van der Waals surface area (Å²) in [5, 5.41) is 2.96. The number of nitrogens with one attached hydrogen (secondary N) is 1. The molecule has 1 saturated heterocycles. The van der Waals surface area contributed by atoms with E-state index in [0.717, 1.165) is 12.3 Å². The first-order valence-corrected chi connectivity index (χ1v) is 11.8. The molecule has 2 aliphatic rings. The summed E-state index contributed by atoms with van der Waals surface area (Å²) in [5.41, 5.74) is 0.492. The van der Waals surface area contributed by atoms with Crippen LogP contribution in [0.15, 0.2) is 29.2 Å². The Morgan fingerprint density at radius 3 is 2.29 bits per heavy atom. The van der Waals surface area contributed by atoms with Crippen LogP contribution in [0.4, 0.5) is 0 Å². The van der Waals surface area contributed by atoms with Crippen molar-refractivity contribution in [1.29, 1.82) is 0 Å². The van der Waals surface area contributed by atoms with Crippen molar-refractivity contribution >= 4 is 15.9 Å². The van der Waals surface area contributed by atoms with Gasteiger partial charge in [0.05, 0.1) is 17.1 Å². The van der Waals surface area contributed by atoms with E-state index in [2.05, 4.69) is 5.32 Å². The Hall–Kier alpha value is -1.44. The Kier molecular flexibility index (Phi) is 7.12. The molecule has 0 aromatic heterocycles. The number of amides is 1. The van der Waals surface area contributed by atoms with E-state index in [1.54, 1.807) is 12.1 Å². The van der Waals surface area contributed by atoms with Crippen molar-refractivity contribution in [1.82, 2.24) is 9.62 Å². The Bertz CT molecular complexity index is 747. The predicted octanol–water partition coefficient (Wildman–Crippen LogP) is 3.18. The molecule has 0 bridgehead atoms. The molecule has 156 valence electrons. The average molecular weight is 409 g/mol. The van der Waals surface area contributed by atoms with Gasteiger partial charge in [-0.1, -0.05) is 32.1 Å². The molecular weight excluding hydrogens is 376 g/mol. The van der Waals surface area contributed by atoms with Crippen LogP contribution in [0.1, 0.15) is 62.7 Å². The average Bonchev–Trinajstić information content (AvgIpc) is 2.68. The molecule has 1 aromatic carbocycles. The van der Waals surface area contributed by atoms with Crippen LogP contribution in [0.3, 0.4) is 0 Å². The highest BCUT2D eigenvalue weighted by molar-refractivity contribution is 7.89. The van der Waals surface area contributed by atoms with Gasteiger partial charge in [-0.3, -0.25) is 4.79 Å². The topological polar surface area (TPSA) is 75.7 Å². The molecule has 1 amide bonds. The fourth-order valence-corrected chi connectivity index (χ4v) is 5.81. The molecule has 6 nitrogen and oxygen atoms in total. The second kappa shape index (κ2) is 9.37. The number of carbonyl (C=O) groups excluding carboxylic acids is 1. The van der Waals surface area contributed by atoms with Gasteiger partial charge < -0.3 is 10.1 Å². The lowest BCUT2D eigenvalue weighted by molar-refractivity contribution is -0.0440.